The monoisotopic (exact) mass is 370 g/mol. The maximum atomic E-state index is 11.9. The molecule has 1 heterocycles. The smallest absolute Gasteiger partial charge is 0.243 e. The molecular weight excluding hydrogens is 340 g/mol. The maximum absolute atomic E-state index is 11.9. The number of nitrogens with one attached hydrogen (secondary N) is 2. The molecule has 7 heteroatoms. The van der Waals surface area contributed by atoms with Crippen LogP contribution in [0.2, 0.25) is 0 Å². The van der Waals surface area contributed by atoms with Crippen molar-refractivity contribution in [3.05, 3.63) is 48.3 Å². The molecule has 1 aromatic heterocycles. The number of hydrogen-bond donors (Lipinski definition) is 2. The summed E-state index contributed by atoms with van der Waals surface area (Å²) in [7, 11) is 3.47. The Morgan fingerprint density at radius 3 is 2.81 bits per heavy atom. The van der Waals surface area contributed by atoms with Crippen LogP contribution in [0, 0.1) is 0 Å². The number of carbonyl (C=O) groups is 1. The summed E-state index contributed by atoms with van der Waals surface area (Å²) in [5.74, 6) is 0.621. The number of guanidine groups is 1. The molecule has 1 atom stereocenters. The van der Waals surface area contributed by atoms with E-state index in [4.69, 9.17) is 0 Å². The molecule has 0 fully saturated rings. The Bertz CT molecular complexity index is 739. The summed E-state index contributed by atoms with van der Waals surface area (Å²) in [6.45, 7) is 5.16. The lowest BCUT2D eigenvalue weighted by molar-refractivity contribution is -0.127. The van der Waals surface area contributed by atoms with Crippen LogP contribution in [0.15, 0.2) is 47.7 Å². The first-order valence-electron chi connectivity index (χ1n) is 9.36. The van der Waals surface area contributed by atoms with Gasteiger partial charge in [0.2, 0.25) is 5.91 Å². The second kappa shape index (κ2) is 10.4. The SMILES string of the molecule is CCCCNC(=NCC(=O)N(C)C)NC(C)c1cccc(-n2cccn2)c1. The molecule has 0 bridgehead atoms. The van der Waals surface area contributed by atoms with Gasteiger partial charge in [-0.05, 0) is 37.1 Å². The average Bonchev–Trinajstić information content (AvgIpc) is 3.20. The minimum Gasteiger partial charge on any atom is -0.356 e. The van der Waals surface area contributed by atoms with Crippen molar-refractivity contribution < 1.29 is 4.79 Å². The molecule has 2 aromatic rings. The normalized spacial score (nSPS) is 12.5. The summed E-state index contributed by atoms with van der Waals surface area (Å²) < 4.78 is 1.83. The number of amides is 1. The first kappa shape index (κ1) is 20.5. The Morgan fingerprint density at radius 2 is 2.15 bits per heavy atom. The number of hydrogen-bond acceptors (Lipinski definition) is 3. The van der Waals surface area contributed by atoms with Crippen LogP contribution in [-0.4, -0.2) is 53.7 Å². The Balaban J connectivity index is 2.09. The second-order valence-corrected chi connectivity index (χ2v) is 6.64. The molecule has 2 rings (SSSR count). The van der Waals surface area contributed by atoms with E-state index in [0.717, 1.165) is 30.6 Å². The van der Waals surface area contributed by atoms with E-state index in [1.807, 2.05) is 29.1 Å². The number of unbranched alkanes of at least 4 members (excludes halogenated alkanes) is 1. The number of likely N-dealkylation sites (N-methyl/N-ethyl adjacent to an activating group) is 1. The van der Waals surface area contributed by atoms with Gasteiger partial charge < -0.3 is 15.5 Å². The van der Waals surface area contributed by atoms with Gasteiger partial charge in [-0.2, -0.15) is 5.10 Å². The Morgan fingerprint density at radius 1 is 1.33 bits per heavy atom. The fourth-order valence-corrected chi connectivity index (χ4v) is 2.47. The zero-order chi connectivity index (χ0) is 19.6. The van der Waals surface area contributed by atoms with Crippen molar-refractivity contribution in [2.24, 2.45) is 4.99 Å². The molecular formula is C20H30N6O. The molecule has 1 unspecified atom stereocenters. The highest BCUT2D eigenvalue weighted by Gasteiger charge is 2.10. The van der Waals surface area contributed by atoms with Crippen LogP contribution in [0.4, 0.5) is 0 Å². The Labute approximate surface area is 161 Å². The van der Waals surface area contributed by atoms with E-state index in [2.05, 4.69) is 46.7 Å². The number of aliphatic imine (C=N–C) groups is 1. The van der Waals surface area contributed by atoms with E-state index in [1.54, 1.807) is 25.2 Å². The summed E-state index contributed by atoms with van der Waals surface area (Å²) >= 11 is 0. The van der Waals surface area contributed by atoms with Crippen LogP contribution in [0.5, 0.6) is 0 Å². The third-order valence-electron chi connectivity index (χ3n) is 4.19. The molecule has 0 aliphatic heterocycles. The van der Waals surface area contributed by atoms with Gasteiger partial charge in [-0.3, -0.25) is 4.79 Å². The molecule has 0 saturated carbocycles. The molecule has 2 N–H and O–H groups in total. The van der Waals surface area contributed by atoms with Crippen molar-refractivity contribution in [1.29, 1.82) is 0 Å². The maximum Gasteiger partial charge on any atom is 0.243 e. The predicted octanol–water partition coefficient (Wildman–Crippen LogP) is 2.36. The molecule has 1 amide bonds. The van der Waals surface area contributed by atoms with Crippen molar-refractivity contribution >= 4 is 11.9 Å². The summed E-state index contributed by atoms with van der Waals surface area (Å²) in [6.07, 6.45) is 5.83. The summed E-state index contributed by atoms with van der Waals surface area (Å²) in [6, 6.07) is 10.1. The molecule has 0 aliphatic rings. The fraction of sp³-hybridized carbons (Fsp3) is 0.450. The van der Waals surface area contributed by atoms with Crippen LogP contribution in [-0.2, 0) is 4.79 Å². The van der Waals surface area contributed by atoms with Gasteiger partial charge in [0.1, 0.15) is 6.54 Å². The molecule has 0 radical (unpaired) electrons. The fourth-order valence-electron chi connectivity index (χ4n) is 2.47. The highest BCUT2D eigenvalue weighted by Crippen LogP contribution is 2.16. The third-order valence-corrected chi connectivity index (χ3v) is 4.19. The van der Waals surface area contributed by atoms with Crippen LogP contribution in [0.25, 0.3) is 5.69 Å². The number of benzene rings is 1. The van der Waals surface area contributed by atoms with E-state index in [1.165, 1.54) is 0 Å². The van der Waals surface area contributed by atoms with Gasteiger partial charge in [-0.25, -0.2) is 9.67 Å². The molecule has 0 spiro atoms. The molecule has 146 valence electrons. The number of rotatable bonds is 8. The molecule has 7 nitrogen and oxygen atoms in total. The van der Waals surface area contributed by atoms with Gasteiger partial charge in [0.05, 0.1) is 11.7 Å². The Kier molecular flexibility index (Phi) is 7.85. The van der Waals surface area contributed by atoms with Gasteiger partial charge >= 0.3 is 0 Å². The van der Waals surface area contributed by atoms with E-state index in [0.29, 0.717) is 5.96 Å². The average molecular weight is 371 g/mol. The van der Waals surface area contributed by atoms with Crippen LogP contribution in [0.1, 0.15) is 38.3 Å². The van der Waals surface area contributed by atoms with Crippen molar-refractivity contribution in [2.45, 2.75) is 32.7 Å². The van der Waals surface area contributed by atoms with Crippen molar-refractivity contribution in [1.82, 2.24) is 25.3 Å². The molecule has 0 aliphatic carbocycles. The lowest BCUT2D eigenvalue weighted by atomic mass is 10.1. The summed E-state index contributed by atoms with van der Waals surface area (Å²) in [4.78, 5) is 17.8. The molecule has 1 aromatic carbocycles. The Hall–Kier alpha value is -2.83. The number of carbonyl (C=O) groups excluding carboxylic acids is 1. The van der Waals surface area contributed by atoms with E-state index in [-0.39, 0.29) is 18.5 Å². The van der Waals surface area contributed by atoms with Crippen LogP contribution < -0.4 is 10.6 Å². The zero-order valence-electron chi connectivity index (χ0n) is 16.6. The van der Waals surface area contributed by atoms with E-state index >= 15 is 0 Å². The van der Waals surface area contributed by atoms with Crippen LogP contribution >= 0.6 is 0 Å². The topological polar surface area (TPSA) is 74.6 Å². The van der Waals surface area contributed by atoms with Crippen molar-refractivity contribution in [2.75, 3.05) is 27.2 Å². The lowest BCUT2D eigenvalue weighted by Crippen LogP contribution is -2.40. The minimum absolute atomic E-state index is 0.0278. The number of aromatic nitrogens is 2. The quantitative estimate of drug-likeness (QED) is 0.425. The third kappa shape index (κ3) is 6.44. The predicted molar refractivity (Wildman–Crippen MR) is 109 cm³/mol. The molecule has 0 saturated heterocycles. The van der Waals surface area contributed by atoms with Gasteiger partial charge in [-0.1, -0.05) is 25.5 Å². The standard InChI is InChI=1S/C20H30N6O/c1-5-6-11-21-20(22-15-19(27)25(3)4)24-16(2)17-9-7-10-18(14-17)26-13-8-12-23-26/h7-10,12-14,16H,5-6,11,15H2,1-4H3,(H2,21,22,24). The van der Waals surface area contributed by atoms with Crippen LogP contribution in [0.3, 0.4) is 0 Å². The van der Waals surface area contributed by atoms with E-state index in [9.17, 15) is 4.79 Å². The molecule has 27 heavy (non-hydrogen) atoms. The van der Waals surface area contributed by atoms with Gasteiger partial charge in [-0.15, -0.1) is 0 Å². The van der Waals surface area contributed by atoms with Crippen molar-refractivity contribution in [3.63, 3.8) is 0 Å². The van der Waals surface area contributed by atoms with E-state index < -0.39 is 0 Å². The summed E-state index contributed by atoms with van der Waals surface area (Å²) in [5.41, 5.74) is 2.12. The van der Waals surface area contributed by atoms with Gasteiger partial charge in [0.15, 0.2) is 5.96 Å². The highest BCUT2D eigenvalue weighted by molar-refractivity contribution is 5.85. The summed E-state index contributed by atoms with van der Waals surface area (Å²) in [5, 5.41) is 11.0. The second-order valence-electron chi connectivity index (χ2n) is 6.64. The lowest BCUT2D eigenvalue weighted by Gasteiger charge is -2.19. The number of nitrogens with zero attached hydrogens (tertiary/aromatic N) is 4. The highest BCUT2D eigenvalue weighted by atomic mass is 16.2. The zero-order valence-corrected chi connectivity index (χ0v) is 16.6. The minimum atomic E-state index is -0.0278. The first-order valence-corrected chi connectivity index (χ1v) is 9.36. The van der Waals surface area contributed by atoms with Gasteiger partial charge in [0, 0.05) is 33.0 Å². The van der Waals surface area contributed by atoms with Gasteiger partial charge in [0.25, 0.3) is 0 Å². The largest absolute Gasteiger partial charge is 0.356 e. The first-order chi connectivity index (χ1) is 13.0. The van der Waals surface area contributed by atoms with Crippen molar-refractivity contribution in [3.8, 4) is 5.69 Å².